The van der Waals surface area contributed by atoms with E-state index >= 15 is 4.79 Å². The number of carbonyl (C=O) groups excluding carboxylic acids is 2. The Balaban J connectivity index is 1.19. The molecule has 5 fully saturated rings. The van der Waals surface area contributed by atoms with Crippen LogP contribution >= 0.6 is 0 Å². The molecule has 7 aliphatic carbocycles. The molecule has 0 aliphatic heterocycles. The van der Waals surface area contributed by atoms with Crippen molar-refractivity contribution in [2.75, 3.05) is 19.7 Å². The van der Waals surface area contributed by atoms with Crippen LogP contribution in [0.1, 0.15) is 131 Å². The van der Waals surface area contributed by atoms with E-state index in [4.69, 9.17) is 4.74 Å². The number of amides is 1. The van der Waals surface area contributed by atoms with Crippen LogP contribution in [-0.2, 0) is 11.2 Å². The summed E-state index contributed by atoms with van der Waals surface area (Å²) in [5.41, 5.74) is 4.57. The molecule has 0 radical (unpaired) electrons. The van der Waals surface area contributed by atoms with Crippen LogP contribution in [0.2, 0.25) is 0 Å². The van der Waals surface area contributed by atoms with Crippen LogP contribution in [0.3, 0.4) is 0 Å². The largest absolute Gasteiger partial charge is 0.450 e. The summed E-state index contributed by atoms with van der Waals surface area (Å²) in [6.07, 6.45) is 13.6. The van der Waals surface area contributed by atoms with Crippen molar-refractivity contribution in [2.24, 2.45) is 28.6 Å². The number of hydrogen-bond donors (Lipinski definition) is 2. The van der Waals surface area contributed by atoms with Crippen molar-refractivity contribution >= 4 is 11.9 Å². The average Bonchev–Trinajstić information content (AvgIpc) is 3.41. The summed E-state index contributed by atoms with van der Waals surface area (Å²) < 4.78 is 5.77. The Morgan fingerprint density at radius 2 is 1.55 bits per heavy atom. The Labute approximate surface area is 328 Å². The molecular weight excluding hydrogens is 683 g/mol. The summed E-state index contributed by atoms with van der Waals surface area (Å²) in [5, 5.41) is 24.4. The van der Waals surface area contributed by atoms with E-state index < -0.39 is 17.1 Å². The molecule has 3 aromatic rings. The van der Waals surface area contributed by atoms with Crippen molar-refractivity contribution in [1.82, 2.24) is 4.90 Å². The number of ketones is 1. The highest BCUT2D eigenvalue weighted by Crippen LogP contribution is 2.62. The van der Waals surface area contributed by atoms with Crippen LogP contribution in [0.5, 0.6) is 0 Å². The molecule has 0 aromatic heterocycles. The zero-order valence-electron chi connectivity index (χ0n) is 33.3. The maximum Gasteiger partial charge on any atom is 0.409 e. The van der Waals surface area contributed by atoms with Gasteiger partial charge in [0.1, 0.15) is 0 Å². The summed E-state index contributed by atoms with van der Waals surface area (Å²) in [6, 6.07) is 24.1. The number of fused-ring (bicyclic) bond motifs is 8. The summed E-state index contributed by atoms with van der Waals surface area (Å²) in [4.78, 5) is 30.9. The Bertz CT molecular complexity index is 1880. The van der Waals surface area contributed by atoms with E-state index in [1.807, 2.05) is 72.5 Å². The number of nitrogens with zero attached hydrogens (tertiary/aromatic N) is 1. The van der Waals surface area contributed by atoms with Crippen LogP contribution in [0, 0.1) is 28.6 Å². The second kappa shape index (κ2) is 15.3. The molecule has 6 bridgehead atoms. The summed E-state index contributed by atoms with van der Waals surface area (Å²) in [7, 11) is 0. The van der Waals surface area contributed by atoms with Gasteiger partial charge in [-0.2, -0.15) is 0 Å². The highest BCUT2D eigenvalue weighted by Gasteiger charge is 2.59. The first kappa shape index (κ1) is 38.1. The summed E-state index contributed by atoms with van der Waals surface area (Å²) >= 11 is 0. The van der Waals surface area contributed by atoms with E-state index in [0.29, 0.717) is 56.4 Å². The fourth-order valence-corrected chi connectivity index (χ4v) is 12.5. The molecule has 0 heterocycles. The highest BCUT2D eigenvalue weighted by atomic mass is 16.6. The minimum Gasteiger partial charge on any atom is -0.450 e. The van der Waals surface area contributed by atoms with Gasteiger partial charge < -0.3 is 19.8 Å². The second-order valence-electron chi connectivity index (χ2n) is 18.7. The molecule has 6 nitrogen and oxygen atoms in total. The van der Waals surface area contributed by atoms with Gasteiger partial charge in [0.25, 0.3) is 0 Å². The number of rotatable bonds is 8. The van der Waals surface area contributed by atoms with Gasteiger partial charge in [-0.1, -0.05) is 85.3 Å². The SMILES string of the molecule is CCOC(=O)N(CC12CC3CC(CC(C3)C1)C2)CC1(O)CCC2c3ccc(cc3C(=O)c3ccccc3-c3ccccc3)CC(O)CCC(C)=CCCC21C. The first-order chi connectivity index (χ1) is 26.5. The fraction of sp³-hybridized carbons (Fsp3) is 0.551. The predicted molar refractivity (Wildman–Crippen MR) is 218 cm³/mol. The molecule has 0 saturated heterocycles. The average molecular weight is 744 g/mol. The predicted octanol–water partition coefficient (Wildman–Crippen LogP) is 10.3. The lowest BCUT2D eigenvalue weighted by atomic mass is 9.49. The number of aliphatic hydroxyl groups is 2. The van der Waals surface area contributed by atoms with Gasteiger partial charge in [0.05, 0.1) is 24.9 Å². The van der Waals surface area contributed by atoms with Crippen LogP contribution < -0.4 is 0 Å². The van der Waals surface area contributed by atoms with Gasteiger partial charge in [0.2, 0.25) is 0 Å². The van der Waals surface area contributed by atoms with E-state index in [9.17, 15) is 15.0 Å². The summed E-state index contributed by atoms with van der Waals surface area (Å²) in [6.45, 7) is 7.41. The zero-order valence-corrected chi connectivity index (χ0v) is 33.3. The number of benzene rings is 3. The van der Waals surface area contributed by atoms with Crippen molar-refractivity contribution in [3.05, 3.63) is 107 Å². The van der Waals surface area contributed by atoms with Crippen molar-refractivity contribution < 1.29 is 24.5 Å². The lowest BCUT2D eigenvalue weighted by Gasteiger charge is -2.58. The van der Waals surface area contributed by atoms with E-state index in [1.54, 1.807) is 0 Å². The van der Waals surface area contributed by atoms with E-state index in [2.05, 4.69) is 32.1 Å². The molecule has 4 unspecified atom stereocenters. The Hall–Kier alpha value is -3.74. The number of hydrogen-bond acceptors (Lipinski definition) is 5. The first-order valence-electron chi connectivity index (χ1n) is 21.3. The smallest absolute Gasteiger partial charge is 0.409 e. The Morgan fingerprint density at radius 1 is 0.855 bits per heavy atom. The number of ether oxygens (including phenoxy) is 1. The second-order valence-corrected chi connectivity index (χ2v) is 18.7. The third kappa shape index (κ3) is 7.46. The molecule has 7 aliphatic rings. The highest BCUT2D eigenvalue weighted by molar-refractivity contribution is 6.13. The standard InChI is InChI=1S/C49H61NO5/c1-4-55-46(53)50(31-48-28-35-23-36(29-48)25-37(24-35)30-48)32-49(54)22-20-44-41-19-17-34(26-39(51)18-16-33(2)11-10-21-47(44,49)3)27-43(41)45(52)42-15-9-8-14-40(42)38-12-6-5-7-13-38/h5-9,11-15,17,19,27,35-37,39,44,51,54H,4,10,16,18,20-26,28-32H2,1-3H3. The maximum atomic E-state index is 15.1. The normalized spacial score (nSPS) is 32.7. The lowest BCUT2D eigenvalue weighted by Crippen LogP contribution is -2.58. The summed E-state index contributed by atoms with van der Waals surface area (Å²) in [5.74, 6) is 2.11. The molecular formula is C49H61NO5. The molecule has 5 saturated carbocycles. The van der Waals surface area contributed by atoms with Crippen molar-refractivity contribution in [1.29, 1.82) is 0 Å². The van der Waals surface area contributed by atoms with Crippen molar-refractivity contribution in [2.45, 2.75) is 122 Å². The van der Waals surface area contributed by atoms with Crippen LogP contribution in [-0.4, -0.2) is 58.4 Å². The molecule has 2 N–H and O–H groups in total. The topological polar surface area (TPSA) is 87.1 Å². The van der Waals surface area contributed by atoms with Gasteiger partial charge >= 0.3 is 6.09 Å². The Kier molecular flexibility index (Phi) is 10.6. The van der Waals surface area contributed by atoms with E-state index in [0.717, 1.165) is 52.8 Å². The molecule has 55 heavy (non-hydrogen) atoms. The molecule has 6 heteroatoms. The molecule has 292 valence electrons. The molecule has 3 aromatic carbocycles. The van der Waals surface area contributed by atoms with Crippen LogP contribution in [0.4, 0.5) is 4.79 Å². The van der Waals surface area contributed by atoms with Gasteiger partial charge in [-0.3, -0.25) is 4.79 Å². The number of allylic oxidation sites excluding steroid dienone is 2. The minimum atomic E-state index is -1.19. The molecule has 1 amide bonds. The third-order valence-electron chi connectivity index (χ3n) is 14.8. The van der Waals surface area contributed by atoms with Gasteiger partial charge in [0, 0.05) is 23.1 Å². The van der Waals surface area contributed by atoms with Crippen LogP contribution in [0.25, 0.3) is 11.1 Å². The molecule has 4 atom stereocenters. The quantitative estimate of drug-likeness (QED) is 0.177. The van der Waals surface area contributed by atoms with Crippen LogP contribution in [0.15, 0.2) is 84.4 Å². The monoisotopic (exact) mass is 743 g/mol. The molecule has 10 rings (SSSR count). The number of carbonyl (C=O) groups is 2. The molecule has 0 spiro atoms. The van der Waals surface area contributed by atoms with Gasteiger partial charge in [-0.25, -0.2) is 4.79 Å². The third-order valence-corrected chi connectivity index (χ3v) is 14.8. The first-order valence-corrected chi connectivity index (χ1v) is 21.3. The van der Waals surface area contributed by atoms with Gasteiger partial charge in [-0.05, 0) is 155 Å². The number of aliphatic hydroxyl groups excluding tert-OH is 1. The fourth-order valence-electron chi connectivity index (χ4n) is 12.5. The van der Waals surface area contributed by atoms with E-state index in [1.165, 1.54) is 44.1 Å². The lowest BCUT2D eigenvalue weighted by molar-refractivity contribution is -0.103. The van der Waals surface area contributed by atoms with Gasteiger partial charge in [-0.15, -0.1) is 0 Å². The van der Waals surface area contributed by atoms with Crippen molar-refractivity contribution in [3.63, 3.8) is 0 Å². The van der Waals surface area contributed by atoms with Gasteiger partial charge in [0.15, 0.2) is 5.78 Å². The zero-order chi connectivity index (χ0) is 38.4. The minimum absolute atomic E-state index is 0.0404. The Morgan fingerprint density at radius 3 is 2.25 bits per heavy atom. The van der Waals surface area contributed by atoms with Crippen molar-refractivity contribution in [3.8, 4) is 11.1 Å². The van der Waals surface area contributed by atoms with E-state index in [-0.39, 0.29) is 29.8 Å². The maximum absolute atomic E-state index is 15.1.